The number of hydrogen-bond acceptors (Lipinski definition) is 0. The zero-order chi connectivity index (χ0) is 26.9. The molecule has 8 aromatic rings. The highest BCUT2D eigenvalue weighted by molar-refractivity contribution is 7.00. The van der Waals surface area contributed by atoms with Gasteiger partial charge >= 0.3 is 0 Å². The van der Waals surface area contributed by atoms with E-state index in [0.29, 0.717) is 0 Å². The topological polar surface area (TPSA) is 0 Å². The summed E-state index contributed by atoms with van der Waals surface area (Å²) in [5.41, 5.74) is 12.0. The molecule has 0 spiro atoms. The molecule has 188 valence electrons. The molecule has 0 aliphatic carbocycles. The fourth-order valence-electron chi connectivity index (χ4n) is 7.40. The zero-order valence-electron chi connectivity index (χ0n) is 22.5. The predicted molar refractivity (Wildman–Crippen MR) is 178 cm³/mol. The van der Waals surface area contributed by atoms with Gasteiger partial charge < -0.3 is 0 Å². The lowest BCUT2D eigenvalue weighted by Gasteiger charge is -2.19. The van der Waals surface area contributed by atoms with Crippen LogP contribution in [0.2, 0.25) is 0 Å². The first kappa shape index (κ1) is 22.7. The molecular formula is C40H25B. The Morgan fingerprint density at radius 1 is 0.366 bits per heavy atom. The van der Waals surface area contributed by atoms with E-state index >= 15 is 0 Å². The van der Waals surface area contributed by atoms with Gasteiger partial charge in [0.05, 0.1) is 0 Å². The van der Waals surface area contributed by atoms with Crippen LogP contribution in [0.3, 0.4) is 0 Å². The Bertz CT molecular complexity index is 2250. The van der Waals surface area contributed by atoms with Gasteiger partial charge in [-0.3, -0.25) is 0 Å². The molecule has 0 saturated carbocycles. The standard InChI is InChI=1S/C40H25B/c1-3-11-26(12-4-1)30-15-7-8-16-31(30)32-22-19-27-20-24-35-39-28(21-23-34(32)38(27)39)25-36-33-17-9-10-18-37(33)41(40(35)36)29-13-5-2-6-14-29/h1-25H. The van der Waals surface area contributed by atoms with E-state index in [1.54, 1.807) is 0 Å². The molecule has 0 N–H and O–H groups in total. The van der Waals surface area contributed by atoms with Gasteiger partial charge in [0.2, 0.25) is 6.71 Å². The van der Waals surface area contributed by atoms with Crippen LogP contribution < -0.4 is 16.4 Å². The monoisotopic (exact) mass is 516 g/mol. The van der Waals surface area contributed by atoms with Gasteiger partial charge in [-0.2, -0.15) is 0 Å². The molecule has 8 aromatic carbocycles. The van der Waals surface area contributed by atoms with Crippen LogP contribution in [0.25, 0.3) is 65.7 Å². The second kappa shape index (κ2) is 8.68. The summed E-state index contributed by atoms with van der Waals surface area (Å²) < 4.78 is 0. The highest BCUT2D eigenvalue weighted by Crippen LogP contribution is 2.43. The smallest absolute Gasteiger partial charge is 0.0686 e. The number of benzene rings is 8. The maximum Gasteiger partial charge on any atom is 0.243 e. The summed E-state index contributed by atoms with van der Waals surface area (Å²) in [5, 5.41) is 8.04. The van der Waals surface area contributed by atoms with Crippen LogP contribution >= 0.6 is 0 Å². The molecule has 0 saturated heterocycles. The number of hydrogen-bond donors (Lipinski definition) is 0. The summed E-state index contributed by atoms with van der Waals surface area (Å²) >= 11 is 0. The molecule has 0 nitrogen and oxygen atoms in total. The normalized spacial score (nSPS) is 12.3. The first-order chi connectivity index (χ1) is 20.4. The molecule has 1 aliphatic rings. The third-order valence-electron chi connectivity index (χ3n) is 9.11. The van der Waals surface area contributed by atoms with Crippen molar-refractivity contribution in [2.45, 2.75) is 0 Å². The molecule has 0 amide bonds. The minimum atomic E-state index is 0.227. The van der Waals surface area contributed by atoms with Gasteiger partial charge in [-0.05, 0) is 71.8 Å². The zero-order valence-corrected chi connectivity index (χ0v) is 22.5. The van der Waals surface area contributed by atoms with Crippen LogP contribution in [0.4, 0.5) is 0 Å². The molecule has 1 heteroatoms. The molecule has 0 atom stereocenters. The van der Waals surface area contributed by atoms with Crippen LogP contribution in [0.1, 0.15) is 0 Å². The lowest BCUT2D eigenvalue weighted by Crippen LogP contribution is -2.49. The van der Waals surface area contributed by atoms with Crippen LogP contribution in [0.5, 0.6) is 0 Å². The number of fused-ring (bicyclic) bond motifs is 4. The highest BCUT2D eigenvalue weighted by Gasteiger charge is 2.35. The Morgan fingerprint density at radius 2 is 0.976 bits per heavy atom. The fraction of sp³-hybridized carbons (Fsp3) is 0. The largest absolute Gasteiger partial charge is 0.243 e. The lowest BCUT2D eigenvalue weighted by molar-refractivity contribution is 1.60. The highest BCUT2D eigenvalue weighted by atomic mass is 14.2. The predicted octanol–water partition coefficient (Wildman–Crippen LogP) is 8.41. The van der Waals surface area contributed by atoms with Crippen molar-refractivity contribution in [1.29, 1.82) is 0 Å². The van der Waals surface area contributed by atoms with Crippen molar-refractivity contribution < 1.29 is 0 Å². The molecule has 0 radical (unpaired) electrons. The average Bonchev–Trinajstić information content (AvgIpc) is 3.38. The molecule has 0 aromatic heterocycles. The lowest BCUT2D eigenvalue weighted by atomic mass is 9.38. The van der Waals surface area contributed by atoms with E-state index in [0.717, 1.165) is 0 Å². The maximum absolute atomic E-state index is 2.45. The molecule has 1 aliphatic heterocycles. The maximum atomic E-state index is 2.45. The first-order valence-corrected chi connectivity index (χ1v) is 14.4. The van der Waals surface area contributed by atoms with E-state index in [-0.39, 0.29) is 6.71 Å². The molecular weight excluding hydrogens is 491 g/mol. The van der Waals surface area contributed by atoms with E-state index in [2.05, 4.69) is 152 Å². The molecule has 0 unspecified atom stereocenters. The van der Waals surface area contributed by atoms with Gasteiger partial charge in [0.25, 0.3) is 0 Å². The molecule has 41 heavy (non-hydrogen) atoms. The summed E-state index contributed by atoms with van der Waals surface area (Å²) in [6.07, 6.45) is 0. The SMILES string of the molecule is c1ccc(B2c3ccccc3-c3cc4ccc5c(-c6ccccc6-c6ccccc6)ccc6ccc(c32)c4c65)cc1. The van der Waals surface area contributed by atoms with Crippen molar-refractivity contribution in [3.05, 3.63) is 152 Å². The third-order valence-corrected chi connectivity index (χ3v) is 9.11. The van der Waals surface area contributed by atoms with Crippen molar-refractivity contribution >= 4 is 55.4 Å². The average molecular weight is 516 g/mol. The minimum absolute atomic E-state index is 0.227. The Morgan fingerprint density at radius 3 is 1.80 bits per heavy atom. The summed E-state index contributed by atoms with van der Waals surface area (Å²) in [6, 6.07) is 56.1. The van der Waals surface area contributed by atoms with E-state index < -0.39 is 0 Å². The Labute approximate surface area is 240 Å². The summed E-state index contributed by atoms with van der Waals surface area (Å²) in [4.78, 5) is 0. The van der Waals surface area contributed by atoms with Gasteiger partial charge in [0.15, 0.2) is 0 Å². The molecule has 0 bridgehead atoms. The Kier molecular flexibility index (Phi) is 4.80. The van der Waals surface area contributed by atoms with Crippen molar-refractivity contribution in [2.75, 3.05) is 0 Å². The third kappa shape index (κ3) is 3.24. The second-order valence-electron chi connectivity index (χ2n) is 11.2. The van der Waals surface area contributed by atoms with Crippen molar-refractivity contribution in [2.24, 2.45) is 0 Å². The quantitative estimate of drug-likeness (QED) is 0.163. The van der Waals surface area contributed by atoms with Crippen LogP contribution in [-0.2, 0) is 0 Å². The summed E-state index contributed by atoms with van der Waals surface area (Å²) in [7, 11) is 0. The van der Waals surface area contributed by atoms with E-state index in [1.165, 1.54) is 82.1 Å². The van der Waals surface area contributed by atoms with Gasteiger partial charge in [0.1, 0.15) is 0 Å². The van der Waals surface area contributed by atoms with Gasteiger partial charge in [-0.15, -0.1) is 0 Å². The molecule has 0 fully saturated rings. The van der Waals surface area contributed by atoms with E-state index in [4.69, 9.17) is 0 Å². The first-order valence-electron chi connectivity index (χ1n) is 14.4. The van der Waals surface area contributed by atoms with Gasteiger partial charge in [0, 0.05) is 0 Å². The van der Waals surface area contributed by atoms with E-state index in [9.17, 15) is 0 Å². The Balaban J connectivity index is 1.37. The van der Waals surface area contributed by atoms with Gasteiger partial charge in [-0.25, -0.2) is 0 Å². The Hall–Kier alpha value is -5.14. The molecule has 1 heterocycles. The van der Waals surface area contributed by atoms with Crippen LogP contribution in [0.15, 0.2) is 152 Å². The number of rotatable bonds is 3. The van der Waals surface area contributed by atoms with Crippen molar-refractivity contribution in [1.82, 2.24) is 0 Å². The second-order valence-corrected chi connectivity index (χ2v) is 11.2. The van der Waals surface area contributed by atoms with Crippen LogP contribution in [-0.4, -0.2) is 6.71 Å². The van der Waals surface area contributed by atoms with Crippen molar-refractivity contribution in [3.8, 4) is 33.4 Å². The van der Waals surface area contributed by atoms with Gasteiger partial charge in [-0.1, -0.05) is 162 Å². The van der Waals surface area contributed by atoms with Crippen molar-refractivity contribution in [3.63, 3.8) is 0 Å². The summed E-state index contributed by atoms with van der Waals surface area (Å²) in [5.74, 6) is 0. The van der Waals surface area contributed by atoms with E-state index in [1.807, 2.05) is 0 Å². The molecule has 9 rings (SSSR count). The van der Waals surface area contributed by atoms with Crippen LogP contribution in [0, 0.1) is 0 Å². The fourth-order valence-corrected chi connectivity index (χ4v) is 7.40. The summed E-state index contributed by atoms with van der Waals surface area (Å²) in [6.45, 7) is 0.227. The minimum Gasteiger partial charge on any atom is -0.0686 e.